The van der Waals surface area contributed by atoms with Crippen molar-refractivity contribution in [2.45, 2.75) is 6.92 Å². The van der Waals surface area contributed by atoms with E-state index >= 15 is 0 Å². The smallest absolute Gasteiger partial charge is 0.138 e. The minimum absolute atomic E-state index is 0.583. The molecule has 0 amide bonds. The molecule has 2 aromatic rings. The molecule has 0 aliphatic rings. The van der Waals surface area contributed by atoms with Crippen molar-refractivity contribution < 1.29 is 5.21 Å². The van der Waals surface area contributed by atoms with Gasteiger partial charge in [-0.05, 0) is 24.6 Å². The maximum atomic E-state index is 8.60. The molecule has 76 valence electrons. The number of aromatic nitrogens is 3. The quantitative estimate of drug-likeness (QED) is 0.455. The van der Waals surface area contributed by atoms with Crippen LogP contribution in [0.1, 0.15) is 12.5 Å². The Bertz CT molecular complexity index is 459. The fourth-order valence-electron chi connectivity index (χ4n) is 1.25. The lowest BCUT2D eigenvalue weighted by molar-refractivity contribution is 0.319. The molecule has 5 heteroatoms. The first-order valence-electron chi connectivity index (χ1n) is 4.45. The Morgan fingerprint density at radius 1 is 1.33 bits per heavy atom. The largest absolute Gasteiger partial charge is 0.411 e. The van der Waals surface area contributed by atoms with E-state index < -0.39 is 0 Å². The van der Waals surface area contributed by atoms with E-state index in [4.69, 9.17) is 5.21 Å². The molecule has 0 aliphatic carbocycles. The summed E-state index contributed by atoms with van der Waals surface area (Å²) in [6.45, 7) is 1.74. The van der Waals surface area contributed by atoms with Gasteiger partial charge in [0.05, 0.1) is 11.4 Å². The van der Waals surface area contributed by atoms with Gasteiger partial charge < -0.3 is 5.21 Å². The molecule has 0 spiro atoms. The van der Waals surface area contributed by atoms with E-state index in [0.717, 1.165) is 11.3 Å². The van der Waals surface area contributed by atoms with Crippen molar-refractivity contribution in [3.05, 3.63) is 42.5 Å². The van der Waals surface area contributed by atoms with E-state index in [0.29, 0.717) is 5.71 Å². The molecule has 5 nitrogen and oxygen atoms in total. The van der Waals surface area contributed by atoms with E-state index in [1.807, 2.05) is 24.3 Å². The molecule has 1 N–H and O–H groups in total. The van der Waals surface area contributed by atoms with Crippen LogP contribution in [-0.4, -0.2) is 25.7 Å². The van der Waals surface area contributed by atoms with Crippen molar-refractivity contribution in [2.24, 2.45) is 5.16 Å². The predicted molar refractivity (Wildman–Crippen MR) is 55.4 cm³/mol. The molecule has 0 aliphatic heterocycles. The lowest BCUT2D eigenvalue weighted by Crippen LogP contribution is -1.97. The lowest BCUT2D eigenvalue weighted by atomic mass is 10.1. The Morgan fingerprint density at radius 2 is 2.07 bits per heavy atom. The van der Waals surface area contributed by atoms with E-state index in [-0.39, 0.29) is 0 Å². The van der Waals surface area contributed by atoms with E-state index in [9.17, 15) is 0 Å². The number of nitrogens with zero attached hydrogens (tertiary/aromatic N) is 4. The number of hydrogen-bond acceptors (Lipinski definition) is 4. The summed E-state index contributed by atoms with van der Waals surface area (Å²) in [5.74, 6) is 0. The highest BCUT2D eigenvalue weighted by molar-refractivity contribution is 5.98. The van der Waals surface area contributed by atoms with E-state index in [2.05, 4.69) is 15.2 Å². The highest BCUT2D eigenvalue weighted by atomic mass is 16.4. The number of hydrogen-bond donors (Lipinski definition) is 1. The standard InChI is InChI=1S/C10H10N4O/c1-8(13-15)9-2-4-10(5-3-9)14-7-11-6-12-14/h2-7,15H,1H3/b13-8+. The van der Waals surface area contributed by atoms with Gasteiger partial charge in [0.2, 0.25) is 0 Å². The molecule has 0 saturated carbocycles. The third kappa shape index (κ3) is 1.85. The molecule has 0 atom stereocenters. The second-order valence-electron chi connectivity index (χ2n) is 3.07. The highest BCUT2D eigenvalue weighted by Gasteiger charge is 1.99. The first kappa shape index (κ1) is 9.39. The number of rotatable bonds is 2. The molecule has 15 heavy (non-hydrogen) atoms. The van der Waals surface area contributed by atoms with Gasteiger partial charge in [0.25, 0.3) is 0 Å². The fraction of sp³-hybridized carbons (Fsp3) is 0.100. The highest BCUT2D eigenvalue weighted by Crippen LogP contribution is 2.08. The van der Waals surface area contributed by atoms with Crippen LogP contribution < -0.4 is 0 Å². The van der Waals surface area contributed by atoms with Gasteiger partial charge in [-0.15, -0.1) is 0 Å². The Hall–Kier alpha value is -2.17. The normalized spacial score (nSPS) is 11.7. The van der Waals surface area contributed by atoms with Crippen LogP contribution in [0.2, 0.25) is 0 Å². The molecule has 0 saturated heterocycles. The Balaban J connectivity index is 2.33. The zero-order chi connectivity index (χ0) is 10.7. The molecule has 0 bridgehead atoms. The van der Waals surface area contributed by atoms with E-state index in [1.54, 1.807) is 17.9 Å². The summed E-state index contributed by atoms with van der Waals surface area (Å²) in [7, 11) is 0. The van der Waals surface area contributed by atoms with Crippen LogP contribution in [0.25, 0.3) is 5.69 Å². The molecule has 2 rings (SSSR count). The van der Waals surface area contributed by atoms with Crippen molar-refractivity contribution in [1.29, 1.82) is 0 Å². The average Bonchev–Trinajstić information content (AvgIpc) is 2.82. The van der Waals surface area contributed by atoms with Crippen LogP contribution in [0.5, 0.6) is 0 Å². The zero-order valence-electron chi connectivity index (χ0n) is 8.20. The Morgan fingerprint density at radius 3 is 2.60 bits per heavy atom. The van der Waals surface area contributed by atoms with Crippen molar-refractivity contribution in [3.8, 4) is 5.69 Å². The van der Waals surface area contributed by atoms with Crippen molar-refractivity contribution in [1.82, 2.24) is 14.8 Å². The van der Waals surface area contributed by atoms with Gasteiger partial charge in [0.1, 0.15) is 12.7 Å². The SMILES string of the molecule is C/C(=N\O)c1ccc(-n2cncn2)cc1. The molecule has 0 radical (unpaired) electrons. The van der Waals surface area contributed by atoms with Crippen molar-refractivity contribution >= 4 is 5.71 Å². The molecular weight excluding hydrogens is 192 g/mol. The second kappa shape index (κ2) is 3.91. The van der Waals surface area contributed by atoms with Crippen LogP contribution in [0.15, 0.2) is 42.1 Å². The van der Waals surface area contributed by atoms with Gasteiger partial charge in [-0.1, -0.05) is 17.3 Å². The van der Waals surface area contributed by atoms with Crippen LogP contribution in [0.3, 0.4) is 0 Å². The second-order valence-corrected chi connectivity index (χ2v) is 3.07. The molecule has 0 unspecified atom stereocenters. The summed E-state index contributed by atoms with van der Waals surface area (Å²) in [5, 5.41) is 15.7. The van der Waals surface area contributed by atoms with Crippen LogP contribution in [-0.2, 0) is 0 Å². The monoisotopic (exact) mass is 202 g/mol. The molecular formula is C10H10N4O. The van der Waals surface area contributed by atoms with E-state index in [1.165, 1.54) is 6.33 Å². The predicted octanol–water partition coefficient (Wildman–Crippen LogP) is 1.47. The maximum Gasteiger partial charge on any atom is 0.138 e. The van der Waals surface area contributed by atoms with Crippen LogP contribution in [0.4, 0.5) is 0 Å². The Kier molecular flexibility index (Phi) is 2.45. The van der Waals surface area contributed by atoms with Gasteiger partial charge in [0.15, 0.2) is 0 Å². The summed E-state index contributed by atoms with van der Waals surface area (Å²) in [4.78, 5) is 3.86. The summed E-state index contributed by atoms with van der Waals surface area (Å²) < 4.78 is 1.66. The van der Waals surface area contributed by atoms with Gasteiger partial charge in [-0.25, -0.2) is 9.67 Å². The number of benzene rings is 1. The molecule has 1 heterocycles. The Labute approximate surface area is 86.7 Å². The lowest BCUT2D eigenvalue weighted by Gasteiger charge is -2.02. The fourth-order valence-corrected chi connectivity index (χ4v) is 1.25. The third-order valence-corrected chi connectivity index (χ3v) is 2.12. The van der Waals surface area contributed by atoms with Crippen molar-refractivity contribution in [3.63, 3.8) is 0 Å². The van der Waals surface area contributed by atoms with Gasteiger partial charge >= 0.3 is 0 Å². The summed E-state index contributed by atoms with van der Waals surface area (Å²) >= 11 is 0. The topological polar surface area (TPSA) is 63.3 Å². The first-order chi connectivity index (χ1) is 7.31. The van der Waals surface area contributed by atoms with Gasteiger partial charge in [0, 0.05) is 0 Å². The van der Waals surface area contributed by atoms with Crippen molar-refractivity contribution in [2.75, 3.05) is 0 Å². The molecule has 0 fully saturated rings. The minimum atomic E-state index is 0.583. The first-order valence-corrected chi connectivity index (χ1v) is 4.45. The molecule has 1 aromatic heterocycles. The molecule has 1 aromatic carbocycles. The average molecular weight is 202 g/mol. The number of oxime groups is 1. The summed E-state index contributed by atoms with van der Waals surface area (Å²) in [6.07, 6.45) is 3.11. The van der Waals surface area contributed by atoms with Crippen LogP contribution >= 0.6 is 0 Å². The third-order valence-electron chi connectivity index (χ3n) is 2.12. The zero-order valence-corrected chi connectivity index (χ0v) is 8.20. The van der Waals surface area contributed by atoms with Gasteiger partial charge in [-0.3, -0.25) is 0 Å². The van der Waals surface area contributed by atoms with Crippen LogP contribution in [0, 0.1) is 0 Å². The van der Waals surface area contributed by atoms with Gasteiger partial charge in [-0.2, -0.15) is 5.10 Å². The minimum Gasteiger partial charge on any atom is -0.411 e. The maximum absolute atomic E-state index is 8.60. The summed E-state index contributed by atoms with van der Waals surface area (Å²) in [5.41, 5.74) is 2.38. The summed E-state index contributed by atoms with van der Waals surface area (Å²) in [6, 6.07) is 7.51.